The van der Waals surface area contributed by atoms with Crippen LogP contribution in [0.15, 0.2) is 23.3 Å². The Hall–Kier alpha value is -1.43. The van der Waals surface area contributed by atoms with Crippen LogP contribution in [-0.4, -0.2) is 42.6 Å². The highest BCUT2D eigenvalue weighted by atomic mass is 32.2. The van der Waals surface area contributed by atoms with Crippen molar-refractivity contribution in [1.29, 1.82) is 0 Å². The van der Waals surface area contributed by atoms with Crippen LogP contribution in [0, 0.1) is 0 Å². The van der Waals surface area contributed by atoms with Crippen LogP contribution in [0.4, 0.5) is 0 Å². The molecule has 1 aromatic heterocycles. The molecular formula is C16H26N4OS. The van der Waals surface area contributed by atoms with Gasteiger partial charge in [0.2, 0.25) is 5.88 Å². The first-order valence-corrected chi connectivity index (χ1v) is 9.26. The molecule has 1 aromatic rings. The molecule has 1 aliphatic rings. The summed E-state index contributed by atoms with van der Waals surface area (Å²) in [6.45, 7) is 1.62. The Kier molecular flexibility index (Phi) is 7.36. The number of hydrogen-bond acceptors (Lipinski definition) is 4. The Balaban J connectivity index is 1.81. The molecule has 1 aliphatic carbocycles. The molecular weight excluding hydrogens is 296 g/mol. The average Bonchev–Trinajstić information content (AvgIpc) is 3.04. The van der Waals surface area contributed by atoms with Gasteiger partial charge in [0.05, 0.1) is 0 Å². The minimum Gasteiger partial charge on any atom is -0.474 e. The molecule has 0 aliphatic heterocycles. The van der Waals surface area contributed by atoms with Crippen molar-refractivity contribution >= 4 is 17.7 Å². The lowest BCUT2D eigenvalue weighted by Crippen LogP contribution is -2.37. The third kappa shape index (κ3) is 5.75. The number of hydrogen-bond donors (Lipinski definition) is 2. The van der Waals surface area contributed by atoms with Crippen molar-refractivity contribution in [3.8, 4) is 5.88 Å². The van der Waals surface area contributed by atoms with Crippen LogP contribution in [-0.2, 0) is 6.54 Å². The molecule has 0 amide bonds. The van der Waals surface area contributed by atoms with E-state index in [2.05, 4.69) is 26.9 Å². The van der Waals surface area contributed by atoms with Crippen molar-refractivity contribution in [2.24, 2.45) is 4.99 Å². The number of ether oxygens (including phenoxy) is 1. The van der Waals surface area contributed by atoms with E-state index >= 15 is 0 Å². The molecule has 6 heteroatoms. The monoisotopic (exact) mass is 322 g/mol. The quantitative estimate of drug-likeness (QED) is 0.459. The van der Waals surface area contributed by atoms with Crippen molar-refractivity contribution < 1.29 is 4.74 Å². The van der Waals surface area contributed by atoms with Gasteiger partial charge in [-0.1, -0.05) is 0 Å². The molecule has 0 atom stereocenters. The number of pyridine rings is 1. The van der Waals surface area contributed by atoms with Crippen LogP contribution < -0.4 is 15.4 Å². The van der Waals surface area contributed by atoms with Crippen molar-refractivity contribution in [1.82, 2.24) is 15.6 Å². The molecule has 1 heterocycles. The van der Waals surface area contributed by atoms with Gasteiger partial charge in [-0.2, -0.15) is 11.8 Å². The van der Waals surface area contributed by atoms with Crippen molar-refractivity contribution in [2.75, 3.05) is 25.6 Å². The smallest absolute Gasteiger partial charge is 0.213 e. The molecule has 1 saturated carbocycles. The SMILES string of the molecule is CN=C(NCCSC)NCc1ccnc(OC2CCCC2)c1. The third-order valence-corrected chi connectivity index (χ3v) is 4.28. The first-order chi connectivity index (χ1) is 10.8. The maximum absolute atomic E-state index is 5.94. The zero-order valence-corrected chi connectivity index (χ0v) is 14.3. The Morgan fingerprint density at radius 2 is 2.23 bits per heavy atom. The molecule has 1 fully saturated rings. The molecule has 2 rings (SSSR count). The van der Waals surface area contributed by atoms with Gasteiger partial charge in [0, 0.05) is 38.2 Å². The first kappa shape index (κ1) is 16.9. The number of aliphatic imine (C=N–C) groups is 1. The molecule has 0 bridgehead atoms. The van der Waals surface area contributed by atoms with Gasteiger partial charge >= 0.3 is 0 Å². The second-order valence-corrected chi connectivity index (χ2v) is 6.36. The fraction of sp³-hybridized carbons (Fsp3) is 0.625. The number of rotatable bonds is 7. The summed E-state index contributed by atoms with van der Waals surface area (Å²) >= 11 is 1.82. The van der Waals surface area contributed by atoms with Gasteiger partial charge in [0.15, 0.2) is 5.96 Å². The van der Waals surface area contributed by atoms with Crippen LogP contribution in [0.2, 0.25) is 0 Å². The largest absolute Gasteiger partial charge is 0.474 e. The normalized spacial score (nSPS) is 15.8. The van der Waals surface area contributed by atoms with Crippen LogP contribution in [0.3, 0.4) is 0 Å². The van der Waals surface area contributed by atoms with E-state index in [9.17, 15) is 0 Å². The number of nitrogens with one attached hydrogen (secondary N) is 2. The lowest BCUT2D eigenvalue weighted by atomic mass is 10.2. The molecule has 0 radical (unpaired) electrons. The van der Waals surface area contributed by atoms with Gasteiger partial charge < -0.3 is 15.4 Å². The van der Waals surface area contributed by atoms with E-state index in [1.807, 2.05) is 30.1 Å². The maximum Gasteiger partial charge on any atom is 0.213 e. The minimum absolute atomic E-state index is 0.344. The highest BCUT2D eigenvalue weighted by Gasteiger charge is 2.16. The summed E-state index contributed by atoms with van der Waals surface area (Å²) in [4.78, 5) is 8.53. The summed E-state index contributed by atoms with van der Waals surface area (Å²) in [5.41, 5.74) is 1.15. The van der Waals surface area contributed by atoms with Crippen LogP contribution in [0.25, 0.3) is 0 Å². The second-order valence-electron chi connectivity index (χ2n) is 5.37. The highest BCUT2D eigenvalue weighted by Crippen LogP contribution is 2.23. The molecule has 0 unspecified atom stereocenters. The Morgan fingerprint density at radius 3 is 2.95 bits per heavy atom. The summed E-state index contributed by atoms with van der Waals surface area (Å²) in [5.74, 6) is 2.62. The van der Waals surface area contributed by atoms with Crippen LogP contribution in [0.1, 0.15) is 31.2 Å². The van der Waals surface area contributed by atoms with Gasteiger partial charge in [0.25, 0.3) is 0 Å². The lowest BCUT2D eigenvalue weighted by Gasteiger charge is -2.14. The third-order valence-electron chi connectivity index (χ3n) is 3.67. The number of thioether (sulfide) groups is 1. The summed E-state index contributed by atoms with van der Waals surface area (Å²) < 4.78 is 5.94. The van der Waals surface area contributed by atoms with E-state index in [1.165, 1.54) is 12.8 Å². The maximum atomic E-state index is 5.94. The van der Waals surface area contributed by atoms with Gasteiger partial charge in [-0.15, -0.1) is 0 Å². The summed E-state index contributed by atoms with van der Waals surface area (Å²) in [7, 11) is 1.79. The highest BCUT2D eigenvalue weighted by molar-refractivity contribution is 7.98. The summed E-state index contributed by atoms with van der Waals surface area (Å²) in [6.07, 6.45) is 9.09. The van der Waals surface area contributed by atoms with Crippen LogP contribution >= 0.6 is 11.8 Å². The number of aromatic nitrogens is 1. The Labute approximate surface area is 137 Å². The number of guanidine groups is 1. The van der Waals surface area contributed by atoms with Crippen molar-refractivity contribution in [3.63, 3.8) is 0 Å². The molecule has 5 nitrogen and oxygen atoms in total. The zero-order valence-electron chi connectivity index (χ0n) is 13.5. The van der Waals surface area contributed by atoms with E-state index in [0.717, 1.165) is 42.5 Å². The van der Waals surface area contributed by atoms with E-state index in [0.29, 0.717) is 12.6 Å². The minimum atomic E-state index is 0.344. The van der Waals surface area contributed by atoms with E-state index in [1.54, 1.807) is 7.05 Å². The van der Waals surface area contributed by atoms with E-state index < -0.39 is 0 Å². The predicted octanol–water partition coefficient (Wildman–Crippen LogP) is 2.43. The van der Waals surface area contributed by atoms with Crippen molar-refractivity contribution in [3.05, 3.63) is 23.9 Å². The average molecular weight is 322 g/mol. The molecule has 122 valence electrons. The van der Waals surface area contributed by atoms with Gasteiger partial charge in [0.1, 0.15) is 6.10 Å². The van der Waals surface area contributed by atoms with Crippen LogP contribution in [0.5, 0.6) is 5.88 Å². The second kappa shape index (κ2) is 9.56. The Morgan fingerprint density at radius 1 is 1.41 bits per heavy atom. The zero-order chi connectivity index (χ0) is 15.6. The first-order valence-electron chi connectivity index (χ1n) is 7.87. The van der Waals surface area contributed by atoms with Crippen molar-refractivity contribution in [2.45, 2.75) is 38.3 Å². The number of nitrogens with zero attached hydrogens (tertiary/aromatic N) is 2. The standard InChI is InChI=1S/C16H26N4OS/c1-17-16(19-9-10-22-2)20-12-13-7-8-18-15(11-13)21-14-5-3-4-6-14/h7-8,11,14H,3-6,9-10,12H2,1-2H3,(H2,17,19,20). The van der Waals surface area contributed by atoms with Gasteiger partial charge in [-0.25, -0.2) is 4.98 Å². The molecule has 22 heavy (non-hydrogen) atoms. The molecule has 2 N–H and O–H groups in total. The molecule has 0 saturated heterocycles. The fourth-order valence-electron chi connectivity index (χ4n) is 2.48. The van der Waals surface area contributed by atoms with E-state index in [4.69, 9.17) is 4.74 Å². The Bertz CT molecular complexity index is 475. The topological polar surface area (TPSA) is 58.5 Å². The predicted molar refractivity (Wildman–Crippen MR) is 93.7 cm³/mol. The van der Waals surface area contributed by atoms with Gasteiger partial charge in [-0.05, 0) is 43.6 Å². The summed E-state index contributed by atoms with van der Waals surface area (Å²) in [5, 5.41) is 6.60. The molecule has 0 aromatic carbocycles. The molecule has 0 spiro atoms. The van der Waals surface area contributed by atoms with Gasteiger partial charge in [-0.3, -0.25) is 4.99 Å². The lowest BCUT2D eigenvalue weighted by molar-refractivity contribution is 0.201. The fourth-order valence-corrected chi connectivity index (χ4v) is 2.79. The summed E-state index contributed by atoms with van der Waals surface area (Å²) in [6, 6.07) is 4.02. The van der Waals surface area contributed by atoms with E-state index in [-0.39, 0.29) is 0 Å².